The molecule has 0 radical (unpaired) electrons. The van der Waals surface area contributed by atoms with Gasteiger partial charge in [0.1, 0.15) is 5.02 Å². The van der Waals surface area contributed by atoms with E-state index in [4.69, 9.17) is 17.5 Å². The lowest BCUT2D eigenvalue weighted by Crippen LogP contribution is -2.07. The third kappa shape index (κ3) is 2.02. The molecule has 0 spiro atoms. The average molecular weight is 245 g/mol. The number of nitrogens with two attached hydrogens (primary N) is 1. The van der Waals surface area contributed by atoms with Crippen LogP contribution in [0.1, 0.15) is 22.3 Å². The fraction of sp³-hybridized carbons (Fsp3) is 0.400. The summed E-state index contributed by atoms with van der Waals surface area (Å²) >= 11 is 5.97. The first-order valence-corrected chi connectivity index (χ1v) is 5.03. The number of halogens is 1. The van der Waals surface area contributed by atoms with Gasteiger partial charge >= 0.3 is 0 Å². The first-order chi connectivity index (χ1) is 7.41. The van der Waals surface area contributed by atoms with Crippen LogP contribution in [0.25, 0.3) is 0 Å². The molecule has 0 heterocycles. The molecule has 2 N–H and O–H groups in total. The normalized spacial score (nSPS) is 10.6. The molecular formula is C10H13ClN2O3. The minimum absolute atomic E-state index is 0.0440. The van der Waals surface area contributed by atoms with Gasteiger partial charge in [-0.15, -0.1) is 0 Å². The van der Waals surface area contributed by atoms with Crippen LogP contribution < -0.4 is 5.90 Å². The molecule has 1 rings (SSSR count). The number of rotatable bonds is 3. The Morgan fingerprint density at radius 2 is 1.88 bits per heavy atom. The van der Waals surface area contributed by atoms with E-state index in [1.54, 1.807) is 20.8 Å². The summed E-state index contributed by atoms with van der Waals surface area (Å²) in [4.78, 5) is 15.0. The summed E-state index contributed by atoms with van der Waals surface area (Å²) in [5, 5.41) is 11.0. The lowest BCUT2D eigenvalue weighted by molar-refractivity contribution is -0.385. The van der Waals surface area contributed by atoms with E-state index in [2.05, 4.69) is 4.84 Å². The molecule has 0 saturated heterocycles. The predicted octanol–water partition coefficient (Wildman–Crippen LogP) is 2.56. The van der Waals surface area contributed by atoms with E-state index in [9.17, 15) is 10.1 Å². The summed E-state index contributed by atoms with van der Waals surface area (Å²) in [5.74, 6) is 5.02. The Kier molecular flexibility index (Phi) is 3.85. The number of benzene rings is 1. The van der Waals surface area contributed by atoms with Gasteiger partial charge in [-0.3, -0.25) is 15.0 Å². The third-order valence-corrected chi connectivity index (χ3v) is 3.23. The number of nitro benzene ring substituents is 1. The molecule has 1 aromatic rings. The predicted molar refractivity (Wildman–Crippen MR) is 61.3 cm³/mol. The highest BCUT2D eigenvalue weighted by atomic mass is 35.5. The van der Waals surface area contributed by atoms with Gasteiger partial charge in [-0.05, 0) is 37.5 Å². The molecule has 0 amide bonds. The molecule has 1 aromatic carbocycles. The zero-order valence-corrected chi connectivity index (χ0v) is 10.1. The maximum Gasteiger partial charge on any atom is 0.291 e. The molecule has 0 aliphatic rings. The Balaban J connectivity index is 3.56. The second-order valence-electron chi connectivity index (χ2n) is 3.58. The lowest BCUT2D eigenvalue weighted by Gasteiger charge is -2.13. The van der Waals surface area contributed by atoms with E-state index in [-0.39, 0.29) is 17.3 Å². The molecular weight excluding hydrogens is 232 g/mol. The summed E-state index contributed by atoms with van der Waals surface area (Å²) in [6.45, 7) is 5.37. The van der Waals surface area contributed by atoms with E-state index in [0.29, 0.717) is 11.1 Å². The maximum absolute atomic E-state index is 10.9. The molecule has 0 unspecified atom stereocenters. The van der Waals surface area contributed by atoms with Crippen molar-refractivity contribution in [3.63, 3.8) is 0 Å². The molecule has 0 aliphatic carbocycles. The first kappa shape index (κ1) is 12.9. The summed E-state index contributed by atoms with van der Waals surface area (Å²) in [5.41, 5.74) is 2.74. The Labute approximate surface area is 98.3 Å². The second kappa shape index (κ2) is 4.78. The van der Waals surface area contributed by atoms with Crippen LogP contribution in [0.3, 0.4) is 0 Å². The first-order valence-electron chi connectivity index (χ1n) is 4.66. The Morgan fingerprint density at radius 3 is 2.31 bits per heavy atom. The van der Waals surface area contributed by atoms with Crippen molar-refractivity contribution in [2.45, 2.75) is 27.4 Å². The van der Waals surface area contributed by atoms with Crippen molar-refractivity contribution >= 4 is 17.3 Å². The summed E-state index contributed by atoms with van der Waals surface area (Å²) < 4.78 is 0. The molecule has 5 nitrogen and oxygen atoms in total. The van der Waals surface area contributed by atoms with Crippen molar-refractivity contribution in [3.05, 3.63) is 37.4 Å². The van der Waals surface area contributed by atoms with Gasteiger partial charge in [0.05, 0.1) is 11.5 Å². The molecule has 0 bridgehead atoms. The van der Waals surface area contributed by atoms with Crippen LogP contribution >= 0.6 is 11.6 Å². The van der Waals surface area contributed by atoms with Crippen molar-refractivity contribution in [1.29, 1.82) is 0 Å². The van der Waals surface area contributed by atoms with Gasteiger partial charge in [-0.1, -0.05) is 11.6 Å². The molecule has 0 atom stereocenters. The van der Waals surface area contributed by atoms with E-state index in [0.717, 1.165) is 11.1 Å². The largest absolute Gasteiger partial charge is 0.300 e. The minimum atomic E-state index is -0.468. The average Bonchev–Trinajstić information content (AvgIpc) is 2.21. The molecule has 0 aliphatic heterocycles. The zero-order chi connectivity index (χ0) is 12.5. The van der Waals surface area contributed by atoms with Crippen LogP contribution in [-0.4, -0.2) is 4.92 Å². The monoisotopic (exact) mass is 244 g/mol. The minimum Gasteiger partial charge on any atom is -0.300 e. The highest BCUT2D eigenvalue weighted by Gasteiger charge is 2.23. The Morgan fingerprint density at radius 1 is 1.31 bits per heavy atom. The van der Waals surface area contributed by atoms with Gasteiger partial charge in [-0.2, -0.15) is 0 Å². The summed E-state index contributed by atoms with van der Waals surface area (Å²) in [6.07, 6.45) is 0. The van der Waals surface area contributed by atoms with E-state index < -0.39 is 4.92 Å². The van der Waals surface area contributed by atoms with Crippen molar-refractivity contribution in [3.8, 4) is 0 Å². The second-order valence-corrected chi connectivity index (χ2v) is 3.96. The van der Waals surface area contributed by atoms with Gasteiger partial charge in [0.15, 0.2) is 0 Å². The molecule has 88 valence electrons. The van der Waals surface area contributed by atoms with Crippen LogP contribution in [0.4, 0.5) is 5.69 Å². The lowest BCUT2D eigenvalue weighted by atomic mass is 9.97. The molecule has 6 heteroatoms. The van der Waals surface area contributed by atoms with Gasteiger partial charge in [-0.25, -0.2) is 5.90 Å². The number of hydrogen-bond acceptors (Lipinski definition) is 4. The fourth-order valence-corrected chi connectivity index (χ4v) is 2.00. The highest BCUT2D eigenvalue weighted by molar-refractivity contribution is 6.33. The van der Waals surface area contributed by atoms with Crippen LogP contribution in [0.5, 0.6) is 0 Å². The molecule has 16 heavy (non-hydrogen) atoms. The van der Waals surface area contributed by atoms with E-state index >= 15 is 0 Å². The quantitative estimate of drug-likeness (QED) is 0.655. The van der Waals surface area contributed by atoms with Crippen molar-refractivity contribution < 1.29 is 9.76 Å². The van der Waals surface area contributed by atoms with Crippen LogP contribution in [0.15, 0.2) is 0 Å². The zero-order valence-electron chi connectivity index (χ0n) is 9.33. The number of nitro groups is 1. The van der Waals surface area contributed by atoms with Gasteiger partial charge in [0, 0.05) is 5.56 Å². The standard InChI is InChI=1S/C10H13ClN2O3/c1-5-6(2)10(13(14)15)9(11)7(3)8(5)4-16-12/h4,12H2,1-3H3. The Bertz CT molecular complexity index is 417. The summed E-state index contributed by atoms with van der Waals surface area (Å²) in [6, 6.07) is 0. The van der Waals surface area contributed by atoms with Gasteiger partial charge in [0.2, 0.25) is 0 Å². The number of hydrogen-bond donors (Lipinski definition) is 1. The smallest absolute Gasteiger partial charge is 0.291 e. The van der Waals surface area contributed by atoms with Crippen LogP contribution in [-0.2, 0) is 11.4 Å². The molecule has 0 saturated carbocycles. The highest BCUT2D eigenvalue weighted by Crippen LogP contribution is 2.36. The van der Waals surface area contributed by atoms with Crippen molar-refractivity contribution in [2.75, 3.05) is 0 Å². The topological polar surface area (TPSA) is 78.4 Å². The number of nitrogens with zero attached hydrogens (tertiary/aromatic N) is 1. The Hall–Kier alpha value is -1.17. The van der Waals surface area contributed by atoms with Crippen molar-refractivity contribution in [1.82, 2.24) is 0 Å². The van der Waals surface area contributed by atoms with E-state index in [1.807, 2.05) is 0 Å². The SMILES string of the molecule is Cc1c(C)c([N+](=O)[O-])c(Cl)c(C)c1CON. The van der Waals surface area contributed by atoms with Crippen molar-refractivity contribution in [2.24, 2.45) is 5.90 Å². The maximum atomic E-state index is 10.9. The summed E-state index contributed by atoms with van der Waals surface area (Å²) in [7, 11) is 0. The van der Waals surface area contributed by atoms with E-state index in [1.165, 1.54) is 0 Å². The fourth-order valence-electron chi connectivity index (χ4n) is 1.68. The van der Waals surface area contributed by atoms with Crippen LogP contribution in [0, 0.1) is 30.9 Å². The molecule has 0 fully saturated rings. The van der Waals surface area contributed by atoms with Gasteiger partial charge in [0.25, 0.3) is 5.69 Å². The third-order valence-electron chi connectivity index (χ3n) is 2.77. The molecule has 0 aromatic heterocycles. The van der Waals surface area contributed by atoms with Gasteiger partial charge < -0.3 is 0 Å². The van der Waals surface area contributed by atoms with Crippen LogP contribution in [0.2, 0.25) is 5.02 Å².